The van der Waals surface area contributed by atoms with Crippen LogP contribution in [0.2, 0.25) is 5.02 Å². The zero-order valence-electron chi connectivity index (χ0n) is 18.0. The average Bonchev–Trinajstić information content (AvgIpc) is 2.70. The van der Waals surface area contributed by atoms with E-state index in [4.69, 9.17) is 11.6 Å². The lowest BCUT2D eigenvalue weighted by Crippen LogP contribution is -2.25. The Labute approximate surface area is 190 Å². The molecular formula is C20H26ClF3N4O3S. The van der Waals surface area contributed by atoms with E-state index in [2.05, 4.69) is 16.3 Å². The summed E-state index contributed by atoms with van der Waals surface area (Å²) in [6, 6.07) is 5.06. The molecule has 12 heteroatoms. The van der Waals surface area contributed by atoms with Crippen molar-refractivity contribution in [3.05, 3.63) is 52.7 Å². The predicted molar refractivity (Wildman–Crippen MR) is 118 cm³/mol. The Balaban J connectivity index is 0.00000512. The Kier molecular flexibility index (Phi) is 9.93. The molecule has 0 amide bonds. The molecule has 0 saturated heterocycles. The van der Waals surface area contributed by atoms with E-state index in [0.717, 1.165) is 50.6 Å². The van der Waals surface area contributed by atoms with Gasteiger partial charge in [0.05, 0.1) is 5.56 Å². The first-order valence-electron chi connectivity index (χ1n) is 9.52. The maximum absolute atomic E-state index is 13.2. The molecule has 2 rings (SSSR count). The van der Waals surface area contributed by atoms with Crippen molar-refractivity contribution < 1.29 is 26.7 Å². The topological polar surface area (TPSA) is 122 Å². The third-order valence-corrected chi connectivity index (χ3v) is 5.96. The molecule has 0 aliphatic rings. The number of benzene rings is 1. The smallest absolute Gasteiger partial charge is 0.417 e. The van der Waals surface area contributed by atoms with Crippen LogP contribution < -0.4 is 16.2 Å². The summed E-state index contributed by atoms with van der Waals surface area (Å²) in [4.78, 5) is 5.53. The van der Waals surface area contributed by atoms with Crippen LogP contribution in [0.15, 0.2) is 45.8 Å². The second-order valence-corrected chi connectivity index (χ2v) is 8.93. The summed E-state index contributed by atoms with van der Waals surface area (Å²) in [7, 11) is -2.74. The van der Waals surface area contributed by atoms with Crippen LogP contribution in [0.25, 0.3) is 0 Å². The number of pyridine rings is 1. The largest absolute Gasteiger partial charge is 0.858 e. The Morgan fingerprint density at radius 2 is 1.88 bits per heavy atom. The summed E-state index contributed by atoms with van der Waals surface area (Å²) in [6.45, 7) is 2.84. The van der Waals surface area contributed by atoms with Crippen molar-refractivity contribution in [1.29, 1.82) is 0 Å². The summed E-state index contributed by atoms with van der Waals surface area (Å²) in [5.74, 6) is -1.01. The van der Waals surface area contributed by atoms with Crippen molar-refractivity contribution in [3.63, 3.8) is 0 Å². The normalized spacial score (nSPS) is 12.4. The molecule has 0 aliphatic heterocycles. The fraction of sp³-hybridized carbons (Fsp3) is 0.400. The molecule has 178 valence electrons. The second kappa shape index (κ2) is 11.5. The molecule has 1 aromatic heterocycles. The molecule has 4 N–H and O–H groups in total. The Bertz CT molecular complexity index is 1030. The molecule has 0 spiro atoms. The van der Waals surface area contributed by atoms with E-state index in [9.17, 15) is 26.7 Å². The van der Waals surface area contributed by atoms with E-state index in [-0.39, 0.29) is 11.2 Å². The lowest BCUT2D eigenvalue weighted by molar-refractivity contribution is -0.213. The first-order chi connectivity index (χ1) is 14.5. The summed E-state index contributed by atoms with van der Waals surface area (Å²) in [5.41, 5.74) is -2.26. The molecule has 0 aliphatic carbocycles. The van der Waals surface area contributed by atoms with Crippen molar-refractivity contribution in [2.45, 2.75) is 43.7 Å². The number of nitrogens with zero attached hydrogens (tertiary/aromatic N) is 3. The first kappa shape index (κ1) is 27.7. The summed E-state index contributed by atoms with van der Waals surface area (Å²) < 4.78 is 67.4. The summed E-state index contributed by atoms with van der Waals surface area (Å²) >= 11 is 5.57. The van der Waals surface area contributed by atoms with Gasteiger partial charge in [-0.05, 0) is 36.2 Å². The summed E-state index contributed by atoms with van der Waals surface area (Å²) in [6.07, 6.45) is 0.378. The van der Waals surface area contributed by atoms with Crippen LogP contribution >= 0.6 is 11.6 Å². The molecule has 2 aromatic rings. The van der Waals surface area contributed by atoms with Gasteiger partial charge in [0, 0.05) is 30.7 Å². The number of aromatic nitrogens is 1. The third kappa shape index (κ3) is 7.35. The number of halogens is 4. The lowest BCUT2D eigenvalue weighted by atomic mass is 10.1. The standard InChI is InChI=1S/C20H23ClF3N3O3S.H3N/c1-3-4-5-6-11-27(2)18-10-8-15(13-25-18)31(29,30)26-19(28)16-9-7-14(21)12-17(16)20(22,23)24;/h7-10,12-13H,3-6,11H2,1-2H3,(H,26,28);1H3. The molecular weight excluding hydrogens is 469 g/mol. The average molecular weight is 495 g/mol. The van der Waals surface area contributed by atoms with E-state index in [1.54, 1.807) is 0 Å². The highest BCUT2D eigenvalue weighted by Crippen LogP contribution is 2.34. The van der Waals surface area contributed by atoms with Crippen LogP contribution in [0.5, 0.6) is 0 Å². The molecule has 0 bridgehead atoms. The van der Waals surface area contributed by atoms with E-state index < -0.39 is 38.1 Å². The molecule has 32 heavy (non-hydrogen) atoms. The zero-order chi connectivity index (χ0) is 23.2. The quantitative estimate of drug-likeness (QED) is 0.309. The number of sulfonamides is 1. The molecule has 0 radical (unpaired) electrons. The van der Waals surface area contributed by atoms with Gasteiger partial charge in [0.15, 0.2) is 0 Å². The van der Waals surface area contributed by atoms with Crippen molar-refractivity contribution in [1.82, 2.24) is 11.1 Å². The van der Waals surface area contributed by atoms with Gasteiger partial charge in [0.2, 0.25) is 0 Å². The highest BCUT2D eigenvalue weighted by atomic mass is 35.5. The lowest BCUT2D eigenvalue weighted by Gasteiger charge is -2.19. The van der Waals surface area contributed by atoms with Crippen LogP contribution in [0.4, 0.5) is 19.0 Å². The van der Waals surface area contributed by atoms with Crippen LogP contribution in [-0.2, 0) is 16.2 Å². The van der Waals surface area contributed by atoms with Gasteiger partial charge >= 0.3 is 6.18 Å². The number of rotatable bonds is 9. The minimum atomic E-state index is -4.90. The molecule has 7 nitrogen and oxygen atoms in total. The van der Waals surface area contributed by atoms with E-state index in [1.165, 1.54) is 12.1 Å². The maximum Gasteiger partial charge on any atom is 0.417 e. The fourth-order valence-corrected chi connectivity index (χ4v) is 3.81. The van der Waals surface area contributed by atoms with Gasteiger partial charge in [-0.25, -0.2) is 4.98 Å². The van der Waals surface area contributed by atoms with Crippen LogP contribution in [0.1, 0.15) is 43.7 Å². The highest BCUT2D eigenvalue weighted by Gasteiger charge is 2.34. The van der Waals surface area contributed by atoms with E-state index >= 15 is 0 Å². The van der Waals surface area contributed by atoms with Gasteiger partial charge in [-0.2, -0.15) is 26.0 Å². The third-order valence-electron chi connectivity index (χ3n) is 4.48. The fourth-order valence-electron chi connectivity index (χ4n) is 2.79. The monoisotopic (exact) mass is 494 g/mol. The minimum absolute atomic E-state index is 0. The molecule has 1 aromatic carbocycles. The summed E-state index contributed by atoms with van der Waals surface area (Å²) in [5, 5.41) is 12.0. The number of alkyl halides is 3. The van der Waals surface area contributed by atoms with Crippen LogP contribution in [0.3, 0.4) is 0 Å². The minimum Gasteiger partial charge on any atom is -0.858 e. The number of unbranched alkanes of at least 4 members (excludes halogenated alkanes) is 3. The predicted octanol–water partition coefficient (Wildman–Crippen LogP) is 4.64. The van der Waals surface area contributed by atoms with Gasteiger partial charge in [-0.3, -0.25) is 0 Å². The van der Waals surface area contributed by atoms with E-state index in [1.807, 2.05) is 11.9 Å². The molecule has 0 fully saturated rings. The van der Waals surface area contributed by atoms with Gasteiger partial charge < -0.3 is 16.2 Å². The van der Waals surface area contributed by atoms with Crippen LogP contribution in [0, 0.1) is 0 Å². The number of hydrogen-bond donors (Lipinski definition) is 1. The Hall–Kier alpha value is -2.37. The number of quaternary nitrogens is 1. The first-order valence-corrected chi connectivity index (χ1v) is 11.3. The number of hydrogen-bond acceptors (Lipinski definition) is 5. The van der Waals surface area contributed by atoms with Crippen molar-refractivity contribution in [2.24, 2.45) is 4.40 Å². The Morgan fingerprint density at radius 1 is 1.19 bits per heavy atom. The van der Waals surface area contributed by atoms with Crippen LogP contribution in [-0.4, -0.2) is 32.9 Å². The highest BCUT2D eigenvalue weighted by molar-refractivity contribution is 7.90. The Morgan fingerprint density at radius 3 is 2.44 bits per heavy atom. The van der Waals surface area contributed by atoms with E-state index in [0.29, 0.717) is 11.9 Å². The van der Waals surface area contributed by atoms with Gasteiger partial charge in [0.1, 0.15) is 10.7 Å². The van der Waals surface area contributed by atoms with Crippen molar-refractivity contribution in [3.8, 4) is 0 Å². The van der Waals surface area contributed by atoms with Gasteiger partial charge in [-0.15, -0.1) is 0 Å². The van der Waals surface area contributed by atoms with Crippen molar-refractivity contribution in [2.75, 3.05) is 18.5 Å². The van der Waals surface area contributed by atoms with Gasteiger partial charge in [-0.1, -0.05) is 43.9 Å². The SMILES string of the molecule is CCCCCCN(C)c1ccc(S(=O)(=O)/N=C(\[O-])c2ccc(Cl)cc2C(F)(F)F)cn1.[NH4+]. The van der Waals surface area contributed by atoms with Gasteiger partial charge in [0.25, 0.3) is 10.0 Å². The molecule has 0 saturated carbocycles. The molecule has 1 heterocycles. The molecule has 0 atom stereocenters. The zero-order valence-corrected chi connectivity index (χ0v) is 19.6. The molecule has 0 unspecified atom stereocenters. The maximum atomic E-state index is 13.2. The number of anilines is 1. The second-order valence-electron chi connectivity index (χ2n) is 6.89. The van der Waals surface area contributed by atoms with Crippen molar-refractivity contribution >= 4 is 33.3 Å².